The highest BCUT2D eigenvalue weighted by molar-refractivity contribution is 5.50. The first-order valence-corrected chi connectivity index (χ1v) is 6.00. The zero-order chi connectivity index (χ0) is 14.8. The van der Waals surface area contributed by atoms with Crippen molar-refractivity contribution < 1.29 is 17.6 Å². The van der Waals surface area contributed by atoms with Crippen molar-refractivity contribution in [2.45, 2.75) is 39.0 Å². The smallest absolute Gasteiger partial charge is 0.358 e. The minimum atomic E-state index is -4.38. The Hall–Kier alpha value is -1.30. The van der Waals surface area contributed by atoms with Crippen LogP contribution < -0.4 is 10.6 Å². The fourth-order valence-electron chi connectivity index (χ4n) is 1.78. The third-order valence-corrected chi connectivity index (χ3v) is 2.78. The van der Waals surface area contributed by atoms with Gasteiger partial charge in [-0.25, -0.2) is 4.39 Å². The van der Waals surface area contributed by atoms with Crippen molar-refractivity contribution in [3.8, 4) is 0 Å². The first-order chi connectivity index (χ1) is 8.61. The molecule has 2 N–H and O–H groups in total. The third-order valence-electron chi connectivity index (χ3n) is 2.78. The van der Waals surface area contributed by atoms with Crippen LogP contribution in [-0.4, -0.2) is 18.8 Å². The topological polar surface area (TPSA) is 29.3 Å². The van der Waals surface area contributed by atoms with Crippen LogP contribution in [-0.2, 0) is 0 Å². The van der Waals surface area contributed by atoms with Crippen molar-refractivity contribution in [3.63, 3.8) is 0 Å². The van der Waals surface area contributed by atoms with Gasteiger partial charge in [-0.2, -0.15) is 13.2 Å². The second kappa shape index (κ2) is 5.77. The Morgan fingerprint density at radius 2 is 1.79 bits per heavy atom. The maximum Gasteiger partial charge on any atom is 0.405 e. The first kappa shape index (κ1) is 15.8. The molecule has 0 saturated heterocycles. The lowest BCUT2D eigenvalue weighted by Gasteiger charge is -2.30. The van der Waals surface area contributed by atoms with Gasteiger partial charge in [-0.3, -0.25) is 0 Å². The summed E-state index contributed by atoms with van der Waals surface area (Å²) in [5, 5.41) is 0. The summed E-state index contributed by atoms with van der Waals surface area (Å²) in [6.07, 6.45) is -4.38. The third kappa shape index (κ3) is 4.38. The zero-order valence-corrected chi connectivity index (χ0v) is 11.1. The number of hydrogen-bond acceptors (Lipinski definition) is 2. The molecule has 0 heterocycles. The number of nitrogens with two attached hydrogens (primary N) is 1. The maximum atomic E-state index is 13.9. The number of nitrogens with zero attached hydrogens (tertiary/aromatic N) is 1. The van der Waals surface area contributed by atoms with Gasteiger partial charge in [0.2, 0.25) is 0 Å². The van der Waals surface area contributed by atoms with E-state index in [0.717, 1.165) is 4.90 Å². The molecule has 0 saturated carbocycles. The van der Waals surface area contributed by atoms with Gasteiger partial charge in [0.05, 0.1) is 5.69 Å². The monoisotopic (exact) mass is 278 g/mol. The molecule has 0 spiro atoms. The van der Waals surface area contributed by atoms with E-state index in [0.29, 0.717) is 5.56 Å². The normalized spacial score (nSPS) is 13.7. The van der Waals surface area contributed by atoms with Crippen molar-refractivity contribution in [2.24, 2.45) is 5.73 Å². The number of halogens is 4. The highest BCUT2D eigenvalue weighted by Gasteiger charge is 2.33. The lowest BCUT2D eigenvalue weighted by molar-refractivity contribution is -0.120. The van der Waals surface area contributed by atoms with E-state index in [-0.39, 0.29) is 11.7 Å². The molecule has 6 heteroatoms. The molecule has 19 heavy (non-hydrogen) atoms. The molecule has 1 aromatic rings. The van der Waals surface area contributed by atoms with Crippen LogP contribution in [0.1, 0.15) is 32.4 Å². The van der Waals surface area contributed by atoms with Crippen LogP contribution in [0.5, 0.6) is 0 Å². The molecule has 0 fully saturated rings. The predicted octanol–water partition coefficient (Wildman–Crippen LogP) is 3.62. The molecular weight excluding hydrogens is 260 g/mol. The van der Waals surface area contributed by atoms with E-state index >= 15 is 0 Å². The lowest BCUT2D eigenvalue weighted by Crippen LogP contribution is -2.39. The molecule has 1 atom stereocenters. The molecule has 0 bridgehead atoms. The van der Waals surface area contributed by atoms with E-state index in [2.05, 4.69) is 0 Å². The van der Waals surface area contributed by atoms with Crippen LogP contribution >= 0.6 is 0 Å². The summed E-state index contributed by atoms with van der Waals surface area (Å²) in [4.78, 5) is 0.986. The summed E-state index contributed by atoms with van der Waals surface area (Å²) in [6.45, 7) is 3.68. The summed E-state index contributed by atoms with van der Waals surface area (Å²) in [7, 11) is 0. The maximum absolute atomic E-state index is 13.9. The molecule has 0 aliphatic rings. The Morgan fingerprint density at radius 3 is 2.16 bits per heavy atom. The van der Waals surface area contributed by atoms with Gasteiger partial charge in [0.25, 0.3) is 0 Å². The Balaban J connectivity index is 3.10. The fourth-order valence-corrected chi connectivity index (χ4v) is 1.78. The average Bonchev–Trinajstić information content (AvgIpc) is 2.24. The van der Waals surface area contributed by atoms with Crippen LogP contribution in [0.3, 0.4) is 0 Å². The van der Waals surface area contributed by atoms with Crippen molar-refractivity contribution >= 4 is 5.69 Å². The first-order valence-electron chi connectivity index (χ1n) is 6.00. The minimum absolute atomic E-state index is 0.0586. The van der Waals surface area contributed by atoms with E-state index in [1.165, 1.54) is 12.1 Å². The molecule has 0 amide bonds. The summed E-state index contributed by atoms with van der Waals surface area (Å²) in [6, 6.07) is 3.26. The van der Waals surface area contributed by atoms with Crippen molar-refractivity contribution in [1.29, 1.82) is 0 Å². The standard InChI is InChI=1S/C13H18F4N2/c1-8(2)19(7-13(15,16)17)12-5-4-10(9(3)18)6-11(12)14/h4-6,8-9H,7,18H2,1-3H3/t9-/m1/s1. The number of hydrogen-bond donors (Lipinski definition) is 1. The molecule has 0 unspecified atom stereocenters. The molecule has 0 aliphatic heterocycles. The SMILES string of the molecule is CC(C)N(CC(F)(F)F)c1ccc([C@@H](C)N)cc1F. The number of rotatable bonds is 4. The van der Waals surface area contributed by atoms with Crippen LogP contribution in [0.15, 0.2) is 18.2 Å². The van der Waals surface area contributed by atoms with E-state index in [1.807, 2.05) is 0 Å². The van der Waals surface area contributed by atoms with Gasteiger partial charge in [-0.1, -0.05) is 6.07 Å². The van der Waals surface area contributed by atoms with E-state index in [9.17, 15) is 17.6 Å². The second-order valence-electron chi connectivity index (χ2n) is 4.84. The van der Waals surface area contributed by atoms with Crippen LogP contribution in [0.2, 0.25) is 0 Å². The highest BCUT2D eigenvalue weighted by Crippen LogP contribution is 2.28. The largest absolute Gasteiger partial charge is 0.405 e. The van der Waals surface area contributed by atoms with E-state index in [1.54, 1.807) is 26.8 Å². The van der Waals surface area contributed by atoms with Crippen LogP contribution in [0.4, 0.5) is 23.2 Å². The second-order valence-corrected chi connectivity index (χ2v) is 4.84. The number of benzene rings is 1. The molecule has 1 rings (SSSR count). The van der Waals surface area contributed by atoms with Gasteiger partial charge in [0.1, 0.15) is 12.4 Å². The Bertz CT molecular complexity index is 427. The Labute approximate surface area is 110 Å². The van der Waals surface area contributed by atoms with Crippen molar-refractivity contribution in [3.05, 3.63) is 29.6 Å². The molecule has 0 aromatic heterocycles. The van der Waals surface area contributed by atoms with Gasteiger partial charge in [-0.15, -0.1) is 0 Å². The quantitative estimate of drug-likeness (QED) is 0.852. The highest BCUT2D eigenvalue weighted by atomic mass is 19.4. The molecular formula is C13H18F4N2. The molecule has 1 aromatic carbocycles. The zero-order valence-electron chi connectivity index (χ0n) is 11.1. The van der Waals surface area contributed by atoms with Gasteiger partial charge in [-0.05, 0) is 38.5 Å². The molecule has 0 radical (unpaired) electrons. The van der Waals surface area contributed by atoms with Crippen molar-refractivity contribution in [1.82, 2.24) is 0 Å². The van der Waals surface area contributed by atoms with E-state index < -0.39 is 24.6 Å². The van der Waals surface area contributed by atoms with Gasteiger partial charge < -0.3 is 10.6 Å². The summed E-state index contributed by atoms with van der Waals surface area (Å²) >= 11 is 0. The minimum Gasteiger partial charge on any atom is -0.358 e. The number of anilines is 1. The van der Waals surface area contributed by atoms with E-state index in [4.69, 9.17) is 5.73 Å². The fraction of sp³-hybridized carbons (Fsp3) is 0.538. The van der Waals surface area contributed by atoms with Gasteiger partial charge in [0.15, 0.2) is 0 Å². The molecule has 108 valence electrons. The van der Waals surface area contributed by atoms with Gasteiger partial charge in [0, 0.05) is 12.1 Å². The molecule has 2 nitrogen and oxygen atoms in total. The lowest BCUT2D eigenvalue weighted by atomic mass is 10.1. The van der Waals surface area contributed by atoms with Crippen molar-refractivity contribution in [2.75, 3.05) is 11.4 Å². The predicted molar refractivity (Wildman–Crippen MR) is 67.5 cm³/mol. The van der Waals surface area contributed by atoms with Crippen LogP contribution in [0, 0.1) is 5.82 Å². The summed E-state index contributed by atoms with van der Waals surface area (Å²) in [5.74, 6) is -0.687. The summed E-state index contributed by atoms with van der Waals surface area (Å²) < 4.78 is 51.5. The Morgan fingerprint density at radius 1 is 1.21 bits per heavy atom. The molecule has 0 aliphatic carbocycles. The van der Waals surface area contributed by atoms with Gasteiger partial charge >= 0.3 is 6.18 Å². The average molecular weight is 278 g/mol. The summed E-state index contributed by atoms with van der Waals surface area (Å²) in [5.41, 5.74) is 6.10. The Kier molecular flexibility index (Phi) is 4.79. The number of alkyl halides is 3. The van der Waals surface area contributed by atoms with Crippen LogP contribution in [0.25, 0.3) is 0 Å².